The average Bonchev–Trinajstić information content (AvgIpc) is 3.18. The van der Waals surface area contributed by atoms with E-state index >= 15 is 0 Å². The van der Waals surface area contributed by atoms with Crippen LogP contribution in [0.3, 0.4) is 0 Å². The Kier molecular flexibility index (Phi) is 3.87. The highest BCUT2D eigenvalue weighted by atomic mass is 32.2. The molecule has 1 aliphatic carbocycles. The normalized spacial score (nSPS) is 18.7. The van der Waals surface area contributed by atoms with Gasteiger partial charge in [-0.05, 0) is 43.0 Å². The molecule has 1 spiro atoms. The van der Waals surface area contributed by atoms with E-state index in [9.17, 15) is 12.8 Å². The van der Waals surface area contributed by atoms with E-state index in [1.54, 1.807) is 19.1 Å². The number of hydrogen-bond donors (Lipinski definition) is 0. The van der Waals surface area contributed by atoms with Crippen LogP contribution in [0.4, 0.5) is 10.1 Å². The number of rotatable bonds is 3. The lowest BCUT2D eigenvalue weighted by Crippen LogP contribution is -2.36. The maximum Gasteiger partial charge on any atom is 0.239 e. The third kappa shape index (κ3) is 2.74. The SMILES string of the molecule is Cc1ccc(CS(=O)(=O)N2CC3(CCCC3)c3ccccc32)c(F)c1. The molecular weight excluding hydrogens is 337 g/mol. The van der Waals surface area contributed by atoms with Crippen LogP contribution in [-0.4, -0.2) is 15.0 Å². The van der Waals surface area contributed by atoms with Crippen LogP contribution in [0.15, 0.2) is 42.5 Å². The smallest absolute Gasteiger partial charge is 0.239 e. The Morgan fingerprint density at radius 1 is 1.12 bits per heavy atom. The van der Waals surface area contributed by atoms with Crippen molar-refractivity contribution < 1.29 is 12.8 Å². The molecule has 0 aromatic heterocycles. The van der Waals surface area contributed by atoms with Gasteiger partial charge in [-0.1, -0.05) is 43.2 Å². The molecule has 2 aliphatic rings. The van der Waals surface area contributed by atoms with E-state index in [4.69, 9.17) is 0 Å². The molecule has 1 saturated carbocycles. The summed E-state index contributed by atoms with van der Waals surface area (Å²) in [5.41, 5.74) is 2.87. The van der Waals surface area contributed by atoms with Crippen LogP contribution in [0.5, 0.6) is 0 Å². The fraction of sp³-hybridized carbons (Fsp3) is 0.400. The van der Waals surface area contributed by atoms with Gasteiger partial charge in [0.05, 0.1) is 11.4 Å². The van der Waals surface area contributed by atoms with Crippen molar-refractivity contribution in [3.63, 3.8) is 0 Å². The Morgan fingerprint density at radius 2 is 1.84 bits per heavy atom. The molecule has 0 saturated heterocycles. The second-order valence-corrected chi connectivity index (χ2v) is 9.26. The summed E-state index contributed by atoms with van der Waals surface area (Å²) in [6, 6.07) is 12.5. The first-order valence-electron chi connectivity index (χ1n) is 8.76. The zero-order valence-corrected chi connectivity index (χ0v) is 15.2. The zero-order valence-electron chi connectivity index (χ0n) is 14.3. The molecule has 2 aromatic carbocycles. The molecule has 1 fully saturated rings. The standard InChI is InChI=1S/C20H22FNO2S/c1-15-8-9-16(18(21)12-15)13-25(23,24)22-14-20(10-4-5-11-20)17-6-2-3-7-19(17)22/h2-3,6-9,12H,4-5,10-11,13-14H2,1H3. The van der Waals surface area contributed by atoms with E-state index in [2.05, 4.69) is 6.07 Å². The van der Waals surface area contributed by atoms with Gasteiger partial charge in [0.2, 0.25) is 10.0 Å². The molecule has 0 amide bonds. The van der Waals surface area contributed by atoms with Crippen molar-refractivity contribution in [3.05, 3.63) is 65.0 Å². The molecule has 0 unspecified atom stereocenters. The number of nitrogens with zero attached hydrogens (tertiary/aromatic N) is 1. The number of anilines is 1. The van der Waals surface area contributed by atoms with Crippen molar-refractivity contribution in [2.75, 3.05) is 10.8 Å². The number of hydrogen-bond acceptors (Lipinski definition) is 2. The van der Waals surface area contributed by atoms with Crippen molar-refractivity contribution in [2.24, 2.45) is 0 Å². The number of halogens is 1. The maximum absolute atomic E-state index is 14.2. The van der Waals surface area contributed by atoms with Gasteiger partial charge in [0, 0.05) is 17.5 Å². The van der Waals surface area contributed by atoms with E-state index in [1.165, 1.54) is 10.4 Å². The van der Waals surface area contributed by atoms with Crippen LogP contribution >= 0.6 is 0 Å². The summed E-state index contributed by atoms with van der Waals surface area (Å²) in [6.45, 7) is 2.28. The number of fused-ring (bicyclic) bond motifs is 2. The lowest BCUT2D eigenvalue weighted by Gasteiger charge is -2.25. The molecule has 1 aliphatic heterocycles. The quantitative estimate of drug-likeness (QED) is 0.819. The predicted molar refractivity (Wildman–Crippen MR) is 97.7 cm³/mol. The highest BCUT2D eigenvalue weighted by Crippen LogP contribution is 2.51. The summed E-state index contributed by atoms with van der Waals surface area (Å²) in [7, 11) is -3.63. The molecule has 1 heterocycles. The van der Waals surface area contributed by atoms with Crippen LogP contribution in [0, 0.1) is 12.7 Å². The summed E-state index contributed by atoms with van der Waals surface area (Å²) in [4.78, 5) is 0. The van der Waals surface area contributed by atoms with Gasteiger partial charge in [0.25, 0.3) is 0 Å². The van der Waals surface area contributed by atoms with E-state index in [0.29, 0.717) is 6.54 Å². The molecule has 3 nitrogen and oxygen atoms in total. The van der Waals surface area contributed by atoms with Crippen LogP contribution < -0.4 is 4.31 Å². The summed E-state index contributed by atoms with van der Waals surface area (Å²) in [5.74, 6) is -0.754. The first kappa shape index (κ1) is 16.6. The fourth-order valence-corrected chi connectivity index (χ4v) is 6.04. The fourth-order valence-electron chi connectivity index (χ4n) is 4.36. The minimum atomic E-state index is -3.63. The minimum absolute atomic E-state index is 0.0600. The number of benzene rings is 2. The summed E-state index contributed by atoms with van der Waals surface area (Å²) in [5, 5.41) is 0. The van der Waals surface area contributed by atoms with Gasteiger partial charge in [-0.2, -0.15) is 0 Å². The van der Waals surface area contributed by atoms with Gasteiger partial charge in [-0.25, -0.2) is 12.8 Å². The second kappa shape index (κ2) is 5.84. The molecule has 132 valence electrons. The molecule has 5 heteroatoms. The Morgan fingerprint density at radius 3 is 2.56 bits per heavy atom. The molecule has 4 rings (SSSR count). The van der Waals surface area contributed by atoms with Gasteiger partial charge in [-0.3, -0.25) is 4.31 Å². The van der Waals surface area contributed by atoms with Gasteiger partial charge in [0.15, 0.2) is 0 Å². The van der Waals surface area contributed by atoms with Crippen molar-refractivity contribution in [1.29, 1.82) is 0 Å². The van der Waals surface area contributed by atoms with Crippen LogP contribution in [0.1, 0.15) is 42.4 Å². The minimum Gasteiger partial charge on any atom is -0.269 e. The first-order valence-corrected chi connectivity index (χ1v) is 10.4. The molecule has 0 bridgehead atoms. The van der Waals surface area contributed by atoms with Gasteiger partial charge in [-0.15, -0.1) is 0 Å². The predicted octanol–water partition coefficient (Wildman–Crippen LogP) is 4.30. The molecule has 25 heavy (non-hydrogen) atoms. The number of sulfonamides is 1. The van der Waals surface area contributed by atoms with E-state index in [0.717, 1.165) is 42.5 Å². The van der Waals surface area contributed by atoms with Crippen molar-refractivity contribution in [2.45, 2.75) is 43.8 Å². The Labute approximate surface area is 148 Å². The monoisotopic (exact) mass is 359 g/mol. The molecule has 0 N–H and O–H groups in total. The zero-order chi connectivity index (χ0) is 17.7. The van der Waals surface area contributed by atoms with E-state index < -0.39 is 15.8 Å². The van der Waals surface area contributed by atoms with Gasteiger partial charge in [0.1, 0.15) is 5.82 Å². The van der Waals surface area contributed by atoms with Gasteiger partial charge >= 0.3 is 0 Å². The first-order chi connectivity index (χ1) is 11.9. The van der Waals surface area contributed by atoms with Crippen molar-refractivity contribution >= 4 is 15.7 Å². The average molecular weight is 359 g/mol. The van der Waals surface area contributed by atoms with E-state index in [-0.39, 0.29) is 16.7 Å². The highest BCUT2D eigenvalue weighted by molar-refractivity contribution is 7.92. The summed E-state index contributed by atoms with van der Waals surface area (Å²) >= 11 is 0. The third-order valence-corrected chi connectivity index (χ3v) is 7.31. The van der Waals surface area contributed by atoms with Crippen molar-refractivity contribution in [3.8, 4) is 0 Å². The highest BCUT2D eigenvalue weighted by Gasteiger charge is 2.47. The number of para-hydroxylation sites is 1. The van der Waals surface area contributed by atoms with Crippen molar-refractivity contribution in [1.82, 2.24) is 0 Å². The number of aryl methyl sites for hydroxylation is 1. The topological polar surface area (TPSA) is 37.4 Å². The maximum atomic E-state index is 14.2. The van der Waals surface area contributed by atoms with Crippen LogP contribution in [0.2, 0.25) is 0 Å². The molecule has 0 atom stereocenters. The van der Waals surface area contributed by atoms with Crippen LogP contribution in [0.25, 0.3) is 0 Å². The Hall–Kier alpha value is -1.88. The molecular formula is C20H22FNO2S. The summed E-state index contributed by atoms with van der Waals surface area (Å²) in [6.07, 6.45) is 4.31. The third-order valence-electron chi connectivity index (χ3n) is 5.63. The largest absolute Gasteiger partial charge is 0.269 e. The molecule has 0 radical (unpaired) electrons. The Balaban J connectivity index is 1.71. The Bertz CT molecular complexity index is 917. The summed E-state index contributed by atoms with van der Waals surface area (Å²) < 4.78 is 41.9. The van der Waals surface area contributed by atoms with Crippen LogP contribution in [-0.2, 0) is 21.2 Å². The van der Waals surface area contributed by atoms with Gasteiger partial charge < -0.3 is 0 Å². The lowest BCUT2D eigenvalue weighted by molar-refractivity contribution is 0.476. The lowest BCUT2D eigenvalue weighted by atomic mass is 9.81. The second-order valence-electron chi connectivity index (χ2n) is 7.36. The van der Waals surface area contributed by atoms with E-state index in [1.807, 2.05) is 18.2 Å². The molecule has 2 aromatic rings.